The molecule has 2 nitrogen and oxygen atoms in total. The molecule has 0 aromatic carbocycles. The van der Waals surface area contributed by atoms with Crippen LogP contribution in [0.1, 0.15) is 52.9 Å². The summed E-state index contributed by atoms with van der Waals surface area (Å²) in [6.07, 6.45) is 6.83. The molecular weight excluding hydrogens is 212 g/mol. The van der Waals surface area contributed by atoms with Gasteiger partial charge in [0.15, 0.2) is 0 Å². The highest BCUT2D eigenvalue weighted by atomic mass is 16.5. The van der Waals surface area contributed by atoms with Crippen LogP contribution < -0.4 is 0 Å². The fourth-order valence-corrected chi connectivity index (χ4v) is 3.13. The van der Waals surface area contributed by atoms with E-state index in [9.17, 15) is 0 Å². The van der Waals surface area contributed by atoms with Gasteiger partial charge in [0.1, 0.15) is 0 Å². The first kappa shape index (κ1) is 13.4. The van der Waals surface area contributed by atoms with E-state index in [2.05, 4.69) is 20.8 Å². The van der Waals surface area contributed by atoms with Crippen molar-refractivity contribution in [2.24, 2.45) is 17.3 Å². The zero-order valence-electron chi connectivity index (χ0n) is 11.7. The van der Waals surface area contributed by atoms with Gasteiger partial charge in [-0.3, -0.25) is 0 Å². The van der Waals surface area contributed by atoms with E-state index in [1.807, 2.05) is 0 Å². The Morgan fingerprint density at radius 3 is 2.47 bits per heavy atom. The van der Waals surface area contributed by atoms with Gasteiger partial charge in [-0.1, -0.05) is 20.8 Å². The van der Waals surface area contributed by atoms with Gasteiger partial charge < -0.3 is 9.47 Å². The van der Waals surface area contributed by atoms with Crippen LogP contribution in [-0.4, -0.2) is 25.9 Å². The second kappa shape index (κ2) is 5.71. The van der Waals surface area contributed by atoms with Crippen LogP contribution in [-0.2, 0) is 9.47 Å². The predicted molar refractivity (Wildman–Crippen MR) is 70.1 cm³/mol. The summed E-state index contributed by atoms with van der Waals surface area (Å²) in [5.41, 5.74) is 0.401. The quantitative estimate of drug-likeness (QED) is 0.749. The van der Waals surface area contributed by atoms with Crippen LogP contribution in [0, 0.1) is 17.3 Å². The van der Waals surface area contributed by atoms with Crippen LogP contribution in [0.15, 0.2) is 0 Å². The van der Waals surface area contributed by atoms with Crippen LogP contribution in [0.3, 0.4) is 0 Å². The molecular formula is C15H28O2. The molecule has 0 N–H and O–H groups in total. The maximum Gasteiger partial charge on any atom is 0.0578 e. The lowest BCUT2D eigenvalue weighted by molar-refractivity contribution is -0.0632. The molecule has 2 unspecified atom stereocenters. The zero-order chi connectivity index (χ0) is 12.3. The molecule has 0 bridgehead atoms. The molecule has 0 radical (unpaired) electrons. The first-order chi connectivity index (χ1) is 8.07. The number of hydrogen-bond donors (Lipinski definition) is 0. The van der Waals surface area contributed by atoms with Crippen molar-refractivity contribution in [2.75, 3.05) is 19.8 Å². The van der Waals surface area contributed by atoms with Gasteiger partial charge in [0.2, 0.25) is 0 Å². The maximum atomic E-state index is 6.02. The summed E-state index contributed by atoms with van der Waals surface area (Å²) < 4.78 is 11.5. The normalized spacial score (nSPS) is 32.3. The van der Waals surface area contributed by atoms with Gasteiger partial charge in [0, 0.05) is 13.2 Å². The van der Waals surface area contributed by atoms with E-state index in [0.29, 0.717) is 11.5 Å². The van der Waals surface area contributed by atoms with Crippen molar-refractivity contribution in [3.8, 4) is 0 Å². The van der Waals surface area contributed by atoms with Crippen molar-refractivity contribution >= 4 is 0 Å². The molecule has 0 spiro atoms. The summed E-state index contributed by atoms with van der Waals surface area (Å²) in [4.78, 5) is 0. The fourth-order valence-electron chi connectivity index (χ4n) is 3.13. The average Bonchev–Trinajstić information content (AvgIpc) is 2.33. The van der Waals surface area contributed by atoms with Gasteiger partial charge in [0.25, 0.3) is 0 Å². The summed E-state index contributed by atoms with van der Waals surface area (Å²) in [7, 11) is 0. The third kappa shape index (κ3) is 3.96. The van der Waals surface area contributed by atoms with Crippen molar-refractivity contribution in [3.63, 3.8) is 0 Å². The van der Waals surface area contributed by atoms with Crippen molar-refractivity contribution in [2.45, 2.75) is 59.0 Å². The third-order valence-corrected chi connectivity index (χ3v) is 4.56. The van der Waals surface area contributed by atoms with Crippen LogP contribution in [0.2, 0.25) is 0 Å². The molecule has 2 fully saturated rings. The summed E-state index contributed by atoms with van der Waals surface area (Å²) in [6.45, 7) is 9.90. The average molecular weight is 240 g/mol. The van der Waals surface area contributed by atoms with Gasteiger partial charge in [-0.05, 0) is 49.4 Å². The van der Waals surface area contributed by atoms with E-state index < -0.39 is 0 Å². The van der Waals surface area contributed by atoms with E-state index in [1.54, 1.807) is 0 Å². The summed E-state index contributed by atoms with van der Waals surface area (Å²) in [6, 6.07) is 0. The molecule has 2 saturated heterocycles. The van der Waals surface area contributed by atoms with Gasteiger partial charge in [0.05, 0.1) is 12.7 Å². The summed E-state index contributed by atoms with van der Waals surface area (Å²) in [5.74, 6) is 1.66. The predicted octanol–water partition coefficient (Wildman–Crippen LogP) is 3.64. The molecule has 2 heteroatoms. The lowest BCUT2D eigenvalue weighted by atomic mass is 9.80. The Balaban J connectivity index is 1.73. The van der Waals surface area contributed by atoms with Crippen LogP contribution in [0.5, 0.6) is 0 Å². The fraction of sp³-hybridized carbons (Fsp3) is 1.00. The summed E-state index contributed by atoms with van der Waals surface area (Å²) in [5, 5.41) is 0. The Labute approximate surface area is 106 Å². The minimum atomic E-state index is 0.401. The SMILES string of the molecule is CC(CC1CCC(C)(C)CO1)C1CCOCC1. The molecule has 2 aliphatic heterocycles. The molecule has 0 amide bonds. The van der Waals surface area contributed by atoms with Gasteiger partial charge in [-0.2, -0.15) is 0 Å². The van der Waals surface area contributed by atoms with Gasteiger partial charge in [-0.15, -0.1) is 0 Å². The molecule has 2 heterocycles. The Morgan fingerprint density at radius 1 is 1.18 bits per heavy atom. The summed E-state index contributed by atoms with van der Waals surface area (Å²) >= 11 is 0. The third-order valence-electron chi connectivity index (χ3n) is 4.56. The maximum absolute atomic E-state index is 6.02. The van der Waals surface area contributed by atoms with Crippen LogP contribution in [0.25, 0.3) is 0 Å². The molecule has 0 saturated carbocycles. The monoisotopic (exact) mass is 240 g/mol. The van der Waals surface area contributed by atoms with Crippen molar-refractivity contribution in [1.29, 1.82) is 0 Å². The second-order valence-electron chi connectivity index (χ2n) is 6.80. The smallest absolute Gasteiger partial charge is 0.0578 e. The largest absolute Gasteiger partial charge is 0.381 e. The molecule has 0 aromatic heterocycles. The number of rotatable bonds is 3. The Kier molecular flexibility index (Phi) is 4.48. The zero-order valence-corrected chi connectivity index (χ0v) is 11.7. The standard InChI is InChI=1S/C15H28O2/c1-12(13-5-8-16-9-6-13)10-14-4-7-15(2,3)11-17-14/h12-14H,4-11H2,1-3H3. The minimum absolute atomic E-state index is 0.401. The minimum Gasteiger partial charge on any atom is -0.381 e. The lowest BCUT2D eigenvalue weighted by Gasteiger charge is -2.37. The van der Waals surface area contributed by atoms with Gasteiger partial charge >= 0.3 is 0 Å². The molecule has 100 valence electrons. The first-order valence-electron chi connectivity index (χ1n) is 7.26. The Morgan fingerprint density at radius 2 is 1.88 bits per heavy atom. The first-order valence-corrected chi connectivity index (χ1v) is 7.26. The topological polar surface area (TPSA) is 18.5 Å². The van der Waals surface area contributed by atoms with Gasteiger partial charge in [-0.25, -0.2) is 0 Å². The highest BCUT2D eigenvalue weighted by Crippen LogP contribution is 2.34. The molecule has 0 aliphatic carbocycles. The van der Waals surface area contributed by atoms with Crippen LogP contribution >= 0.6 is 0 Å². The second-order valence-corrected chi connectivity index (χ2v) is 6.80. The molecule has 17 heavy (non-hydrogen) atoms. The van der Waals surface area contributed by atoms with Crippen molar-refractivity contribution in [1.82, 2.24) is 0 Å². The van der Waals surface area contributed by atoms with Crippen LogP contribution in [0.4, 0.5) is 0 Å². The molecule has 0 aromatic rings. The van der Waals surface area contributed by atoms with Crippen molar-refractivity contribution < 1.29 is 9.47 Å². The van der Waals surface area contributed by atoms with E-state index in [4.69, 9.17) is 9.47 Å². The number of hydrogen-bond acceptors (Lipinski definition) is 2. The lowest BCUT2D eigenvalue weighted by Crippen LogP contribution is -2.34. The highest BCUT2D eigenvalue weighted by Gasteiger charge is 2.30. The van der Waals surface area contributed by atoms with E-state index in [-0.39, 0.29) is 0 Å². The molecule has 2 atom stereocenters. The highest BCUT2D eigenvalue weighted by molar-refractivity contribution is 4.79. The van der Waals surface area contributed by atoms with E-state index in [1.165, 1.54) is 32.1 Å². The number of ether oxygens (including phenoxy) is 2. The van der Waals surface area contributed by atoms with E-state index in [0.717, 1.165) is 31.7 Å². The van der Waals surface area contributed by atoms with Crippen molar-refractivity contribution in [3.05, 3.63) is 0 Å². The van der Waals surface area contributed by atoms with E-state index >= 15 is 0 Å². The molecule has 2 rings (SSSR count). The Bertz CT molecular complexity index is 221. The molecule has 2 aliphatic rings. The Hall–Kier alpha value is -0.0800.